The molecule has 15 heavy (non-hydrogen) atoms. The molecule has 1 aliphatic heterocycles. The first-order chi connectivity index (χ1) is 7.29. The van der Waals surface area contributed by atoms with E-state index in [0.717, 1.165) is 12.6 Å². The van der Waals surface area contributed by atoms with E-state index in [0.29, 0.717) is 6.04 Å². The molecule has 0 saturated carbocycles. The molecule has 2 unspecified atom stereocenters. The predicted molar refractivity (Wildman–Crippen MR) is 67.3 cm³/mol. The van der Waals surface area contributed by atoms with E-state index in [1.165, 1.54) is 32.2 Å². The number of likely N-dealkylation sites (tertiary alicyclic amines) is 1. The fourth-order valence-electron chi connectivity index (χ4n) is 2.38. The van der Waals surface area contributed by atoms with Crippen molar-refractivity contribution >= 4 is 0 Å². The molecule has 0 radical (unpaired) electrons. The quantitative estimate of drug-likeness (QED) is 0.713. The second-order valence-corrected chi connectivity index (χ2v) is 4.10. The maximum atomic E-state index is 5.21. The van der Waals surface area contributed by atoms with Crippen molar-refractivity contribution in [3.8, 4) is 0 Å². The first-order valence-corrected chi connectivity index (χ1v) is 6.54. The molecule has 0 amide bonds. The van der Waals surface area contributed by atoms with Crippen molar-refractivity contribution in [2.75, 3.05) is 20.3 Å². The summed E-state index contributed by atoms with van der Waals surface area (Å²) in [6, 6.07) is 1.40. The van der Waals surface area contributed by atoms with Crippen LogP contribution < -0.4 is 0 Å². The van der Waals surface area contributed by atoms with E-state index in [2.05, 4.69) is 18.7 Å². The molecule has 92 valence electrons. The van der Waals surface area contributed by atoms with Crippen LogP contribution in [0.25, 0.3) is 0 Å². The summed E-state index contributed by atoms with van der Waals surface area (Å²) in [5.74, 6) is 0. The van der Waals surface area contributed by atoms with Crippen molar-refractivity contribution in [3.05, 3.63) is 0 Å². The van der Waals surface area contributed by atoms with Crippen LogP contribution in [-0.4, -0.2) is 37.2 Å². The Kier molecular flexibility index (Phi) is 9.12. The van der Waals surface area contributed by atoms with E-state index in [1.54, 1.807) is 7.11 Å². The standard InChI is InChI=1S/C11H23NO.C2H6/c1-4-11-7-5-6-8-12(11)10(2)9-13-3;1-2/h10-11H,4-9H2,1-3H3;1-2H3. The fourth-order valence-corrected chi connectivity index (χ4v) is 2.38. The fraction of sp³-hybridized carbons (Fsp3) is 1.00. The lowest BCUT2D eigenvalue weighted by atomic mass is 9.98. The van der Waals surface area contributed by atoms with Crippen LogP contribution >= 0.6 is 0 Å². The highest BCUT2D eigenvalue weighted by Crippen LogP contribution is 2.21. The Labute approximate surface area is 96.0 Å². The van der Waals surface area contributed by atoms with E-state index < -0.39 is 0 Å². The number of hydrogen-bond acceptors (Lipinski definition) is 2. The third-order valence-corrected chi connectivity index (χ3v) is 3.12. The summed E-state index contributed by atoms with van der Waals surface area (Å²) in [5.41, 5.74) is 0. The van der Waals surface area contributed by atoms with Gasteiger partial charge in [0, 0.05) is 19.2 Å². The minimum Gasteiger partial charge on any atom is -0.383 e. The van der Waals surface area contributed by atoms with Crippen LogP contribution in [0.15, 0.2) is 0 Å². The zero-order chi connectivity index (χ0) is 11.7. The molecule has 1 aliphatic rings. The molecule has 0 bridgehead atoms. The lowest BCUT2D eigenvalue weighted by molar-refractivity contribution is 0.0474. The third-order valence-electron chi connectivity index (χ3n) is 3.12. The number of nitrogens with zero attached hydrogens (tertiary/aromatic N) is 1. The largest absolute Gasteiger partial charge is 0.383 e. The summed E-state index contributed by atoms with van der Waals surface area (Å²) < 4.78 is 5.21. The summed E-state index contributed by atoms with van der Waals surface area (Å²) in [5, 5.41) is 0. The molecule has 0 aromatic carbocycles. The molecule has 2 atom stereocenters. The first kappa shape index (κ1) is 14.9. The van der Waals surface area contributed by atoms with E-state index in [9.17, 15) is 0 Å². The predicted octanol–water partition coefficient (Wildman–Crippen LogP) is 3.31. The summed E-state index contributed by atoms with van der Waals surface area (Å²) in [6.45, 7) is 10.7. The van der Waals surface area contributed by atoms with Gasteiger partial charge in [-0.3, -0.25) is 4.90 Å². The first-order valence-electron chi connectivity index (χ1n) is 6.54. The number of ether oxygens (including phenoxy) is 1. The third kappa shape index (κ3) is 4.98. The molecule has 0 N–H and O–H groups in total. The van der Waals surface area contributed by atoms with Gasteiger partial charge in [0.05, 0.1) is 6.61 Å². The summed E-state index contributed by atoms with van der Waals surface area (Å²) in [7, 11) is 1.79. The number of piperidine rings is 1. The van der Waals surface area contributed by atoms with Crippen molar-refractivity contribution in [1.29, 1.82) is 0 Å². The average molecular weight is 215 g/mol. The van der Waals surface area contributed by atoms with Crippen molar-refractivity contribution < 1.29 is 4.74 Å². The van der Waals surface area contributed by atoms with Crippen LogP contribution in [0.5, 0.6) is 0 Å². The number of hydrogen-bond donors (Lipinski definition) is 0. The monoisotopic (exact) mass is 215 g/mol. The molecule has 1 saturated heterocycles. The molecule has 1 rings (SSSR count). The van der Waals surface area contributed by atoms with Gasteiger partial charge in [0.15, 0.2) is 0 Å². The minimum atomic E-state index is 0.593. The molecule has 2 nitrogen and oxygen atoms in total. The number of methoxy groups -OCH3 is 1. The van der Waals surface area contributed by atoms with Gasteiger partial charge in [-0.2, -0.15) is 0 Å². The van der Waals surface area contributed by atoms with Gasteiger partial charge < -0.3 is 4.74 Å². The smallest absolute Gasteiger partial charge is 0.0615 e. The summed E-state index contributed by atoms with van der Waals surface area (Å²) in [6.07, 6.45) is 5.44. The Balaban J connectivity index is 0.000000921. The van der Waals surface area contributed by atoms with E-state index >= 15 is 0 Å². The van der Waals surface area contributed by atoms with Gasteiger partial charge in [-0.05, 0) is 32.7 Å². The van der Waals surface area contributed by atoms with Crippen LogP contribution in [0.1, 0.15) is 53.4 Å². The van der Waals surface area contributed by atoms with Crippen molar-refractivity contribution in [2.45, 2.75) is 65.5 Å². The van der Waals surface area contributed by atoms with Crippen LogP contribution in [0, 0.1) is 0 Å². The zero-order valence-electron chi connectivity index (χ0n) is 11.3. The number of rotatable bonds is 4. The molecule has 0 aliphatic carbocycles. The Hall–Kier alpha value is -0.0800. The molecule has 0 aromatic heterocycles. The highest BCUT2D eigenvalue weighted by molar-refractivity contribution is 4.79. The molecule has 1 fully saturated rings. The van der Waals surface area contributed by atoms with Gasteiger partial charge in [-0.25, -0.2) is 0 Å². The lowest BCUT2D eigenvalue weighted by Gasteiger charge is -2.39. The second kappa shape index (κ2) is 9.17. The Bertz CT molecular complexity index is 138. The molecule has 1 heterocycles. The zero-order valence-corrected chi connectivity index (χ0v) is 11.3. The second-order valence-electron chi connectivity index (χ2n) is 4.10. The van der Waals surface area contributed by atoms with Crippen LogP contribution in [0.3, 0.4) is 0 Å². The molecule has 0 spiro atoms. The summed E-state index contributed by atoms with van der Waals surface area (Å²) in [4.78, 5) is 2.62. The van der Waals surface area contributed by atoms with Crippen LogP contribution in [0.4, 0.5) is 0 Å². The highest BCUT2D eigenvalue weighted by atomic mass is 16.5. The molecular formula is C13H29NO. The van der Waals surface area contributed by atoms with Crippen LogP contribution in [-0.2, 0) is 4.74 Å². The highest BCUT2D eigenvalue weighted by Gasteiger charge is 2.24. The van der Waals surface area contributed by atoms with Gasteiger partial charge in [-0.1, -0.05) is 27.2 Å². The van der Waals surface area contributed by atoms with E-state index in [-0.39, 0.29) is 0 Å². The Morgan fingerprint density at radius 1 is 1.33 bits per heavy atom. The van der Waals surface area contributed by atoms with E-state index in [4.69, 9.17) is 4.74 Å². The molecular weight excluding hydrogens is 186 g/mol. The minimum absolute atomic E-state index is 0.593. The van der Waals surface area contributed by atoms with Gasteiger partial charge in [0.2, 0.25) is 0 Å². The molecule has 2 heteroatoms. The van der Waals surface area contributed by atoms with Gasteiger partial charge >= 0.3 is 0 Å². The Morgan fingerprint density at radius 2 is 2.00 bits per heavy atom. The summed E-state index contributed by atoms with van der Waals surface area (Å²) >= 11 is 0. The SMILES string of the molecule is CC.CCC1CCCCN1C(C)COC. The maximum Gasteiger partial charge on any atom is 0.0615 e. The van der Waals surface area contributed by atoms with Crippen molar-refractivity contribution in [1.82, 2.24) is 4.90 Å². The Morgan fingerprint density at radius 3 is 2.53 bits per heavy atom. The van der Waals surface area contributed by atoms with Crippen molar-refractivity contribution in [3.63, 3.8) is 0 Å². The van der Waals surface area contributed by atoms with Gasteiger partial charge in [0.1, 0.15) is 0 Å². The normalized spacial score (nSPS) is 24.2. The topological polar surface area (TPSA) is 12.5 Å². The maximum absolute atomic E-state index is 5.21. The van der Waals surface area contributed by atoms with Gasteiger partial charge in [-0.15, -0.1) is 0 Å². The van der Waals surface area contributed by atoms with Crippen LogP contribution in [0.2, 0.25) is 0 Å². The molecule has 0 aromatic rings. The lowest BCUT2D eigenvalue weighted by Crippen LogP contribution is -2.46. The van der Waals surface area contributed by atoms with E-state index in [1.807, 2.05) is 13.8 Å². The van der Waals surface area contributed by atoms with Crippen molar-refractivity contribution in [2.24, 2.45) is 0 Å². The average Bonchev–Trinajstić information content (AvgIpc) is 2.32. The van der Waals surface area contributed by atoms with Gasteiger partial charge in [0.25, 0.3) is 0 Å².